The van der Waals surface area contributed by atoms with Gasteiger partial charge in [0.05, 0.1) is 5.92 Å². The van der Waals surface area contributed by atoms with E-state index in [1.807, 2.05) is 13.8 Å². The van der Waals surface area contributed by atoms with Crippen molar-refractivity contribution in [2.24, 2.45) is 5.92 Å². The summed E-state index contributed by atoms with van der Waals surface area (Å²) in [7, 11) is 0. The molecule has 1 atom stereocenters. The molecular weight excluding hydrogens is 192 g/mol. The molecule has 0 amide bonds. The van der Waals surface area contributed by atoms with Gasteiger partial charge in [0.25, 0.3) is 0 Å². The maximum atomic E-state index is 10.7. The van der Waals surface area contributed by atoms with Crippen molar-refractivity contribution in [3.63, 3.8) is 0 Å². The van der Waals surface area contributed by atoms with Gasteiger partial charge in [0, 0.05) is 0 Å². The average molecular weight is 208 g/mol. The van der Waals surface area contributed by atoms with E-state index in [4.69, 9.17) is 5.11 Å². The van der Waals surface area contributed by atoms with Gasteiger partial charge < -0.3 is 10.2 Å². The largest absolute Gasteiger partial charge is 0.508 e. The fourth-order valence-corrected chi connectivity index (χ4v) is 1.69. The van der Waals surface area contributed by atoms with Gasteiger partial charge in [-0.3, -0.25) is 4.79 Å². The number of aromatic hydroxyl groups is 1. The minimum atomic E-state index is -0.790. The molecule has 1 unspecified atom stereocenters. The second kappa shape index (κ2) is 4.34. The van der Waals surface area contributed by atoms with Crippen LogP contribution in [0.5, 0.6) is 5.75 Å². The zero-order chi connectivity index (χ0) is 11.6. The van der Waals surface area contributed by atoms with Crippen LogP contribution in [0, 0.1) is 19.8 Å². The normalized spacial score (nSPS) is 12.5. The molecule has 0 aliphatic carbocycles. The number of aliphatic carboxylic acids is 1. The number of carboxylic acids is 1. The van der Waals surface area contributed by atoms with E-state index in [9.17, 15) is 9.90 Å². The average Bonchev–Trinajstić information content (AvgIpc) is 2.10. The van der Waals surface area contributed by atoms with Crippen molar-refractivity contribution in [3.05, 3.63) is 28.8 Å². The first-order valence-electron chi connectivity index (χ1n) is 4.93. The Morgan fingerprint density at radius 2 is 1.80 bits per heavy atom. The van der Waals surface area contributed by atoms with Crippen LogP contribution >= 0.6 is 0 Å². The number of phenols is 1. The van der Waals surface area contributed by atoms with Gasteiger partial charge in [0.15, 0.2) is 0 Å². The van der Waals surface area contributed by atoms with Crippen molar-refractivity contribution in [3.8, 4) is 5.75 Å². The molecule has 2 N–H and O–H groups in total. The lowest BCUT2D eigenvalue weighted by molar-refractivity contribution is -0.141. The van der Waals surface area contributed by atoms with Gasteiger partial charge in [-0.25, -0.2) is 0 Å². The fourth-order valence-electron chi connectivity index (χ4n) is 1.69. The van der Waals surface area contributed by atoms with Crippen LogP contribution in [0.15, 0.2) is 12.1 Å². The molecule has 0 aliphatic rings. The van der Waals surface area contributed by atoms with Gasteiger partial charge in [-0.05, 0) is 49.1 Å². The number of phenolic OH excluding ortho intramolecular Hbond substituents is 1. The zero-order valence-corrected chi connectivity index (χ0v) is 9.24. The molecule has 0 radical (unpaired) electrons. The first kappa shape index (κ1) is 11.6. The summed E-state index contributed by atoms with van der Waals surface area (Å²) in [5.74, 6) is -0.953. The summed E-state index contributed by atoms with van der Waals surface area (Å²) in [5.41, 5.74) is 2.91. The van der Waals surface area contributed by atoms with E-state index in [1.165, 1.54) is 0 Å². The Morgan fingerprint density at radius 3 is 2.20 bits per heavy atom. The van der Waals surface area contributed by atoms with Gasteiger partial charge in [-0.15, -0.1) is 0 Å². The third-order valence-electron chi connectivity index (χ3n) is 2.61. The minimum absolute atomic E-state index is 0.233. The first-order valence-corrected chi connectivity index (χ1v) is 4.93. The number of hydrogen-bond acceptors (Lipinski definition) is 2. The molecule has 82 valence electrons. The van der Waals surface area contributed by atoms with E-state index in [1.54, 1.807) is 19.1 Å². The van der Waals surface area contributed by atoms with Crippen LogP contribution in [0.25, 0.3) is 0 Å². The Balaban J connectivity index is 3.00. The molecular formula is C12H16O3. The highest BCUT2D eigenvalue weighted by Crippen LogP contribution is 2.23. The van der Waals surface area contributed by atoms with E-state index in [0.29, 0.717) is 6.42 Å². The van der Waals surface area contributed by atoms with E-state index in [2.05, 4.69) is 0 Å². The summed E-state index contributed by atoms with van der Waals surface area (Å²) in [6.07, 6.45) is 0.507. The first-order chi connectivity index (χ1) is 6.91. The summed E-state index contributed by atoms with van der Waals surface area (Å²) in [6.45, 7) is 5.46. The van der Waals surface area contributed by atoms with Gasteiger partial charge >= 0.3 is 5.97 Å². The summed E-state index contributed by atoms with van der Waals surface area (Å²) in [6, 6.07) is 3.33. The van der Waals surface area contributed by atoms with Crippen LogP contribution in [-0.4, -0.2) is 16.2 Å². The molecule has 0 bridgehead atoms. The third-order valence-corrected chi connectivity index (χ3v) is 2.61. The molecule has 0 spiro atoms. The number of rotatable bonds is 3. The smallest absolute Gasteiger partial charge is 0.306 e. The lowest BCUT2D eigenvalue weighted by Gasteiger charge is -2.12. The third kappa shape index (κ3) is 2.72. The van der Waals surface area contributed by atoms with Crippen molar-refractivity contribution in [1.82, 2.24) is 0 Å². The fraction of sp³-hybridized carbons (Fsp3) is 0.417. The van der Waals surface area contributed by atoms with Crippen LogP contribution in [0.2, 0.25) is 0 Å². The molecule has 0 saturated heterocycles. The molecule has 3 nitrogen and oxygen atoms in total. The van der Waals surface area contributed by atoms with E-state index < -0.39 is 11.9 Å². The number of aryl methyl sites for hydroxylation is 2. The highest BCUT2D eigenvalue weighted by molar-refractivity contribution is 5.70. The zero-order valence-electron chi connectivity index (χ0n) is 9.24. The number of benzene rings is 1. The van der Waals surface area contributed by atoms with Gasteiger partial charge in [0.2, 0.25) is 0 Å². The van der Waals surface area contributed by atoms with Crippen molar-refractivity contribution in [2.45, 2.75) is 27.2 Å². The second-order valence-electron chi connectivity index (χ2n) is 4.00. The maximum Gasteiger partial charge on any atom is 0.306 e. The predicted molar refractivity (Wildman–Crippen MR) is 58.1 cm³/mol. The topological polar surface area (TPSA) is 57.5 Å². The summed E-state index contributed by atoms with van der Waals surface area (Å²) >= 11 is 0. The lowest BCUT2D eigenvalue weighted by atomic mass is 9.93. The SMILES string of the molecule is Cc1cc(O)cc(C)c1CC(C)C(=O)O. The Bertz CT molecular complexity index is 359. The Kier molecular flexibility index (Phi) is 3.35. The highest BCUT2D eigenvalue weighted by Gasteiger charge is 2.14. The van der Waals surface area contributed by atoms with Crippen molar-refractivity contribution < 1.29 is 15.0 Å². The van der Waals surface area contributed by atoms with Gasteiger partial charge in [-0.1, -0.05) is 6.92 Å². The molecule has 15 heavy (non-hydrogen) atoms. The summed E-state index contributed by atoms with van der Waals surface area (Å²) < 4.78 is 0. The summed E-state index contributed by atoms with van der Waals surface area (Å²) in [4.78, 5) is 10.7. The van der Waals surface area contributed by atoms with E-state index in [0.717, 1.165) is 16.7 Å². The minimum Gasteiger partial charge on any atom is -0.508 e. The molecule has 1 aromatic carbocycles. The van der Waals surface area contributed by atoms with Crippen LogP contribution < -0.4 is 0 Å². The lowest BCUT2D eigenvalue weighted by Crippen LogP contribution is -2.13. The molecule has 0 fully saturated rings. The molecule has 0 aromatic heterocycles. The Hall–Kier alpha value is -1.51. The van der Waals surface area contributed by atoms with Crippen molar-refractivity contribution in [1.29, 1.82) is 0 Å². The number of hydrogen-bond donors (Lipinski definition) is 2. The predicted octanol–water partition coefficient (Wildman–Crippen LogP) is 2.27. The van der Waals surface area contributed by atoms with Crippen LogP contribution in [0.4, 0.5) is 0 Å². The van der Waals surface area contributed by atoms with Crippen molar-refractivity contribution >= 4 is 5.97 Å². The van der Waals surface area contributed by atoms with E-state index >= 15 is 0 Å². The quantitative estimate of drug-likeness (QED) is 0.801. The number of carboxylic acid groups (broad SMARTS) is 1. The van der Waals surface area contributed by atoms with Gasteiger partial charge in [-0.2, -0.15) is 0 Å². The molecule has 1 rings (SSSR count). The molecule has 1 aromatic rings. The van der Waals surface area contributed by atoms with Crippen LogP contribution in [-0.2, 0) is 11.2 Å². The molecule has 0 saturated carbocycles. The Morgan fingerprint density at radius 1 is 1.33 bits per heavy atom. The monoisotopic (exact) mass is 208 g/mol. The van der Waals surface area contributed by atoms with Crippen LogP contribution in [0.3, 0.4) is 0 Å². The summed E-state index contributed by atoms with van der Waals surface area (Å²) in [5, 5.41) is 18.2. The molecule has 3 heteroatoms. The maximum absolute atomic E-state index is 10.7. The van der Waals surface area contributed by atoms with Crippen molar-refractivity contribution in [2.75, 3.05) is 0 Å². The second-order valence-corrected chi connectivity index (χ2v) is 4.00. The number of carbonyl (C=O) groups is 1. The van der Waals surface area contributed by atoms with Crippen LogP contribution in [0.1, 0.15) is 23.6 Å². The van der Waals surface area contributed by atoms with Gasteiger partial charge in [0.1, 0.15) is 5.75 Å². The molecule has 0 heterocycles. The standard InChI is InChI=1S/C12H16O3/c1-7-4-10(13)5-8(2)11(7)6-9(3)12(14)15/h4-5,9,13H,6H2,1-3H3,(H,14,15). The van der Waals surface area contributed by atoms with E-state index in [-0.39, 0.29) is 5.75 Å². The molecule has 0 aliphatic heterocycles. The highest BCUT2D eigenvalue weighted by atomic mass is 16.4. The Labute approximate surface area is 89.4 Å².